The first-order chi connectivity index (χ1) is 22.5. The van der Waals surface area contributed by atoms with Crippen molar-refractivity contribution in [2.75, 3.05) is 23.7 Å². The van der Waals surface area contributed by atoms with Gasteiger partial charge in [-0.15, -0.1) is 11.8 Å². The highest BCUT2D eigenvalue weighted by atomic mass is 79.9. The largest absolute Gasteiger partial charge is 0.494 e. The predicted molar refractivity (Wildman–Crippen MR) is 192 cm³/mol. The number of hydrogen-bond donors (Lipinski definition) is 1. The van der Waals surface area contributed by atoms with E-state index in [1.54, 1.807) is 48.5 Å². The van der Waals surface area contributed by atoms with Gasteiger partial charge in [-0.2, -0.15) is 0 Å². The summed E-state index contributed by atoms with van der Waals surface area (Å²) in [5, 5.41) is 2.98. The molecule has 1 atom stereocenters. The Bertz CT molecular complexity index is 1730. The molecule has 47 heavy (non-hydrogen) atoms. The molecule has 8 nitrogen and oxygen atoms in total. The highest BCUT2D eigenvalue weighted by Crippen LogP contribution is 2.28. The minimum atomic E-state index is -4.21. The van der Waals surface area contributed by atoms with E-state index < -0.39 is 28.5 Å². The minimum absolute atomic E-state index is 0.0499. The Morgan fingerprint density at radius 1 is 0.894 bits per heavy atom. The van der Waals surface area contributed by atoms with Crippen LogP contribution in [0.15, 0.2) is 117 Å². The van der Waals surface area contributed by atoms with Gasteiger partial charge in [0, 0.05) is 28.4 Å². The second kappa shape index (κ2) is 16.9. The van der Waals surface area contributed by atoms with Crippen molar-refractivity contribution in [1.82, 2.24) is 10.2 Å². The Kier molecular flexibility index (Phi) is 12.9. The summed E-state index contributed by atoms with van der Waals surface area (Å²) in [4.78, 5) is 30.9. The summed E-state index contributed by atoms with van der Waals surface area (Å²) in [7, 11) is -4.21. The van der Waals surface area contributed by atoms with E-state index in [-0.39, 0.29) is 29.8 Å². The third-order valence-corrected chi connectivity index (χ3v) is 10.3. The molecule has 4 aromatic carbocycles. The molecule has 0 aliphatic carbocycles. The lowest BCUT2D eigenvalue weighted by molar-refractivity contribution is -0.140. The van der Waals surface area contributed by atoms with Crippen LogP contribution in [-0.4, -0.2) is 56.6 Å². The van der Waals surface area contributed by atoms with Crippen LogP contribution >= 0.6 is 27.7 Å². The van der Waals surface area contributed by atoms with E-state index in [1.165, 1.54) is 16.7 Å². The van der Waals surface area contributed by atoms with Gasteiger partial charge in [0.25, 0.3) is 10.0 Å². The van der Waals surface area contributed by atoms with Crippen LogP contribution in [0, 0.1) is 0 Å². The van der Waals surface area contributed by atoms with Crippen LogP contribution in [0.1, 0.15) is 31.9 Å². The molecule has 1 N–H and O–H groups in total. The van der Waals surface area contributed by atoms with Crippen LogP contribution in [0.25, 0.3) is 0 Å². The van der Waals surface area contributed by atoms with Crippen LogP contribution in [0.5, 0.6) is 5.75 Å². The van der Waals surface area contributed by atoms with Crippen LogP contribution in [0.4, 0.5) is 5.69 Å². The van der Waals surface area contributed by atoms with Gasteiger partial charge in [0.15, 0.2) is 0 Å². The summed E-state index contributed by atoms with van der Waals surface area (Å²) >= 11 is 5.01. The standard InChI is InChI=1S/C36H40BrN3O5S2/c1-5-45-31-16-14-30(15-17-31)40(47(43,44)33-20-18-32(46-4)19-21-33)25-35(41)39(24-28-12-9-13-29(37)22-28)34(36(42)38-26(2)3)23-27-10-7-6-8-11-27/h6-22,26,34H,5,23-25H2,1-4H3,(H,38,42)/t34-/m1/s1. The van der Waals surface area contributed by atoms with Gasteiger partial charge in [0.05, 0.1) is 17.2 Å². The third kappa shape index (κ3) is 9.85. The van der Waals surface area contributed by atoms with Crippen molar-refractivity contribution < 1.29 is 22.7 Å². The molecule has 0 saturated carbocycles. The summed E-state index contributed by atoms with van der Waals surface area (Å²) in [6, 6.07) is 29.0. The molecule has 0 heterocycles. The molecule has 0 aliphatic heterocycles. The molecule has 0 aliphatic rings. The number of benzene rings is 4. The summed E-state index contributed by atoms with van der Waals surface area (Å²) < 4.78 is 36.1. The molecule has 0 fully saturated rings. The number of ether oxygens (including phenoxy) is 1. The fourth-order valence-corrected chi connectivity index (χ4v) is 7.31. The molecule has 2 amide bonds. The van der Waals surface area contributed by atoms with Crippen molar-refractivity contribution in [3.05, 3.63) is 119 Å². The Labute approximate surface area is 290 Å². The van der Waals surface area contributed by atoms with E-state index in [0.29, 0.717) is 18.0 Å². The van der Waals surface area contributed by atoms with E-state index in [0.717, 1.165) is 24.8 Å². The van der Waals surface area contributed by atoms with Gasteiger partial charge in [-0.25, -0.2) is 8.42 Å². The Morgan fingerprint density at radius 3 is 2.15 bits per heavy atom. The number of anilines is 1. The molecule has 0 radical (unpaired) electrons. The molecule has 4 aromatic rings. The molecule has 11 heteroatoms. The predicted octanol–water partition coefficient (Wildman–Crippen LogP) is 6.93. The molecule has 0 aromatic heterocycles. The molecule has 0 spiro atoms. The average molecular weight is 739 g/mol. The zero-order chi connectivity index (χ0) is 34.0. The zero-order valence-corrected chi connectivity index (χ0v) is 30.1. The maximum atomic E-state index is 14.6. The van der Waals surface area contributed by atoms with Crippen molar-refractivity contribution in [2.24, 2.45) is 0 Å². The van der Waals surface area contributed by atoms with Crippen molar-refractivity contribution in [3.63, 3.8) is 0 Å². The number of carbonyl (C=O) groups excluding carboxylic acids is 2. The number of nitrogens with zero attached hydrogens (tertiary/aromatic N) is 2. The number of carbonyl (C=O) groups is 2. The van der Waals surface area contributed by atoms with Gasteiger partial charge in [0.1, 0.15) is 18.3 Å². The first-order valence-corrected chi connectivity index (χ1v) is 18.8. The second-order valence-corrected chi connectivity index (χ2v) is 14.8. The number of amides is 2. The lowest BCUT2D eigenvalue weighted by Crippen LogP contribution is -2.54. The minimum Gasteiger partial charge on any atom is -0.494 e. The SMILES string of the molecule is CCOc1ccc(N(CC(=O)N(Cc2cccc(Br)c2)[C@H](Cc2ccccc2)C(=O)NC(C)C)S(=O)(=O)c2ccc(SC)cc2)cc1. The molecular formula is C36H40BrN3O5S2. The third-order valence-electron chi connectivity index (χ3n) is 7.31. The van der Waals surface area contributed by atoms with Crippen molar-refractivity contribution in [1.29, 1.82) is 0 Å². The fraction of sp³-hybridized carbons (Fsp3) is 0.278. The van der Waals surface area contributed by atoms with E-state index in [2.05, 4.69) is 21.2 Å². The highest BCUT2D eigenvalue weighted by Gasteiger charge is 2.35. The first-order valence-electron chi connectivity index (χ1n) is 15.3. The topological polar surface area (TPSA) is 96.0 Å². The van der Waals surface area contributed by atoms with Gasteiger partial charge in [-0.1, -0.05) is 58.4 Å². The summed E-state index contributed by atoms with van der Waals surface area (Å²) in [6.45, 7) is 5.59. The molecule has 248 valence electrons. The number of sulfonamides is 1. The van der Waals surface area contributed by atoms with E-state index in [9.17, 15) is 18.0 Å². The summed E-state index contributed by atoms with van der Waals surface area (Å²) in [5.41, 5.74) is 1.95. The zero-order valence-electron chi connectivity index (χ0n) is 26.9. The Hall–Kier alpha value is -3.80. The number of rotatable bonds is 15. The average Bonchev–Trinajstić information content (AvgIpc) is 3.06. The van der Waals surface area contributed by atoms with Gasteiger partial charge in [-0.05, 0) is 98.8 Å². The quantitative estimate of drug-likeness (QED) is 0.133. The monoisotopic (exact) mass is 737 g/mol. The van der Waals surface area contributed by atoms with E-state index in [1.807, 2.05) is 81.6 Å². The van der Waals surface area contributed by atoms with Crippen molar-refractivity contribution in [3.8, 4) is 5.75 Å². The Morgan fingerprint density at radius 2 is 1.55 bits per heavy atom. The van der Waals surface area contributed by atoms with Gasteiger partial charge >= 0.3 is 0 Å². The van der Waals surface area contributed by atoms with Crippen LogP contribution in [0.2, 0.25) is 0 Å². The number of nitrogens with one attached hydrogen (secondary N) is 1. The number of thioether (sulfide) groups is 1. The smallest absolute Gasteiger partial charge is 0.264 e. The molecular weight excluding hydrogens is 698 g/mol. The number of halogens is 1. The maximum Gasteiger partial charge on any atom is 0.264 e. The lowest BCUT2D eigenvalue weighted by atomic mass is 10.0. The van der Waals surface area contributed by atoms with Gasteiger partial charge in [-0.3, -0.25) is 13.9 Å². The molecule has 0 saturated heterocycles. The lowest BCUT2D eigenvalue weighted by Gasteiger charge is -2.34. The maximum absolute atomic E-state index is 14.6. The van der Waals surface area contributed by atoms with Gasteiger partial charge < -0.3 is 15.0 Å². The van der Waals surface area contributed by atoms with E-state index in [4.69, 9.17) is 4.74 Å². The van der Waals surface area contributed by atoms with Crippen molar-refractivity contribution >= 4 is 55.2 Å². The molecule has 0 unspecified atom stereocenters. The summed E-state index contributed by atoms with van der Waals surface area (Å²) in [5.74, 6) is -0.271. The Balaban J connectivity index is 1.81. The van der Waals surface area contributed by atoms with Crippen LogP contribution < -0.4 is 14.4 Å². The normalized spacial score (nSPS) is 12.0. The second-order valence-electron chi connectivity index (χ2n) is 11.1. The van der Waals surface area contributed by atoms with Crippen molar-refractivity contribution in [2.45, 2.75) is 55.6 Å². The summed E-state index contributed by atoms with van der Waals surface area (Å²) in [6.07, 6.45) is 2.15. The number of hydrogen-bond acceptors (Lipinski definition) is 6. The highest BCUT2D eigenvalue weighted by molar-refractivity contribution is 9.10. The van der Waals surface area contributed by atoms with Crippen LogP contribution in [0.3, 0.4) is 0 Å². The van der Waals surface area contributed by atoms with E-state index >= 15 is 0 Å². The molecule has 4 rings (SSSR count). The fourth-order valence-electron chi connectivity index (χ4n) is 5.05. The van der Waals surface area contributed by atoms with Crippen LogP contribution in [-0.2, 0) is 32.6 Å². The van der Waals surface area contributed by atoms with Gasteiger partial charge in [0.2, 0.25) is 11.8 Å². The molecule has 0 bridgehead atoms. The first kappa shape index (κ1) is 36.0.